The highest BCUT2D eigenvalue weighted by atomic mass is 35.5. The van der Waals surface area contributed by atoms with Crippen molar-refractivity contribution in [2.75, 3.05) is 13.0 Å². The first kappa shape index (κ1) is 15.7. The Morgan fingerprint density at radius 2 is 1.95 bits per heavy atom. The standard InChI is InChI=1S/C13H13ClN2O4/c1-20-13(19)10(9(17)7-14)11(15)16-12(18)8-5-3-2-4-6-8/h2-6,17H,7H2,1H3,(H2,15,16,18)/b10-9-. The zero-order valence-electron chi connectivity index (χ0n) is 10.6. The lowest BCUT2D eigenvalue weighted by Gasteiger charge is -2.10. The topological polar surface area (TPSA) is 99.5 Å². The Balaban J connectivity index is 2.94. The average Bonchev–Trinajstić information content (AvgIpc) is 2.47. The number of halogens is 1. The zero-order chi connectivity index (χ0) is 15.1. The molecule has 0 aliphatic rings. The van der Waals surface area contributed by atoms with Gasteiger partial charge >= 0.3 is 5.97 Å². The Bertz CT molecular complexity index is 555. The molecular weight excluding hydrogens is 284 g/mol. The van der Waals surface area contributed by atoms with Gasteiger partial charge in [-0.1, -0.05) is 18.2 Å². The second-order valence-electron chi connectivity index (χ2n) is 3.64. The van der Waals surface area contributed by atoms with Gasteiger partial charge in [-0.2, -0.15) is 0 Å². The first-order valence-electron chi connectivity index (χ1n) is 5.53. The minimum absolute atomic E-state index is 0.312. The molecule has 1 aromatic carbocycles. The maximum absolute atomic E-state index is 11.8. The predicted octanol–water partition coefficient (Wildman–Crippen LogP) is 1.62. The summed E-state index contributed by atoms with van der Waals surface area (Å²) in [6.45, 7) is 0. The fourth-order valence-electron chi connectivity index (χ4n) is 1.37. The Labute approximate surface area is 120 Å². The van der Waals surface area contributed by atoms with E-state index in [1.54, 1.807) is 30.3 Å². The van der Waals surface area contributed by atoms with Crippen LogP contribution < -0.4 is 5.32 Å². The summed E-state index contributed by atoms with van der Waals surface area (Å²) in [6, 6.07) is 8.15. The lowest BCUT2D eigenvalue weighted by atomic mass is 10.1. The first-order chi connectivity index (χ1) is 9.51. The largest absolute Gasteiger partial charge is 0.510 e. The molecule has 0 spiro atoms. The Morgan fingerprint density at radius 3 is 2.45 bits per heavy atom. The van der Waals surface area contributed by atoms with Crippen LogP contribution in [0.5, 0.6) is 0 Å². The fraction of sp³-hybridized carbons (Fsp3) is 0.154. The van der Waals surface area contributed by atoms with Crippen LogP contribution in [-0.4, -0.2) is 35.8 Å². The summed E-state index contributed by atoms with van der Waals surface area (Å²) >= 11 is 5.42. The molecule has 1 amide bonds. The molecular formula is C13H13ClN2O4. The highest BCUT2D eigenvalue weighted by Crippen LogP contribution is 2.07. The van der Waals surface area contributed by atoms with Gasteiger partial charge in [0.2, 0.25) is 0 Å². The van der Waals surface area contributed by atoms with Crippen molar-refractivity contribution in [1.29, 1.82) is 5.41 Å². The second kappa shape index (κ2) is 7.30. The molecule has 0 radical (unpaired) electrons. The van der Waals surface area contributed by atoms with Crippen LogP contribution in [0.3, 0.4) is 0 Å². The number of methoxy groups -OCH3 is 1. The molecule has 3 N–H and O–H groups in total. The maximum atomic E-state index is 11.8. The van der Waals surface area contributed by atoms with Crippen LogP contribution in [0.2, 0.25) is 0 Å². The molecule has 0 heterocycles. The summed E-state index contributed by atoms with van der Waals surface area (Å²) in [4.78, 5) is 23.3. The van der Waals surface area contributed by atoms with E-state index in [0.29, 0.717) is 5.56 Å². The van der Waals surface area contributed by atoms with Gasteiger partial charge in [0.1, 0.15) is 17.2 Å². The minimum atomic E-state index is -0.957. The van der Waals surface area contributed by atoms with Gasteiger partial charge in [0.05, 0.1) is 13.0 Å². The van der Waals surface area contributed by atoms with Gasteiger partial charge in [-0.05, 0) is 12.1 Å². The monoisotopic (exact) mass is 296 g/mol. The molecule has 0 unspecified atom stereocenters. The smallest absolute Gasteiger partial charge is 0.345 e. The van der Waals surface area contributed by atoms with Gasteiger partial charge in [-0.3, -0.25) is 10.2 Å². The van der Waals surface area contributed by atoms with E-state index in [0.717, 1.165) is 7.11 Å². The number of esters is 1. The summed E-state index contributed by atoms with van der Waals surface area (Å²) in [6.07, 6.45) is 0. The molecule has 0 saturated heterocycles. The summed E-state index contributed by atoms with van der Waals surface area (Å²) in [5.41, 5.74) is -0.168. The van der Waals surface area contributed by atoms with Crippen molar-refractivity contribution in [3.8, 4) is 0 Å². The second-order valence-corrected chi connectivity index (χ2v) is 3.91. The third-order valence-electron chi connectivity index (χ3n) is 2.33. The number of hydrogen-bond donors (Lipinski definition) is 3. The van der Waals surface area contributed by atoms with Crippen LogP contribution in [0, 0.1) is 5.41 Å². The maximum Gasteiger partial charge on any atom is 0.345 e. The van der Waals surface area contributed by atoms with Gasteiger partial charge < -0.3 is 15.2 Å². The Kier molecular flexibility index (Phi) is 5.74. The van der Waals surface area contributed by atoms with Crippen LogP contribution in [0.1, 0.15) is 10.4 Å². The van der Waals surface area contributed by atoms with E-state index in [2.05, 4.69) is 10.1 Å². The molecule has 0 saturated carbocycles. The van der Waals surface area contributed by atoms with Crippen molar-refractivity contribution in [3.63, 3.8) is 0 Å². The van der Waals surface area contributed by atoms with Crippen molar-refractivity contribution >= 4 is 29.3 Å². The van der Waals surface area contributed by atoms with E-state index in [1.807, 2.05) is 0 Å². The number of aliphatic hydroxyl groups excluding tert-OH is 1. The van der Waals surface area contributed by atoms with E-state index >= 15 is 0 Å². The van der Waals surface area contributed by atoms with Crippen molar-refractivity contribution < 1.29 is 19.4 Å². The molecule has 1 aromatic rings. The number of amidine groups is 1. The highest BCUT2D eigenvalue weighted by Gasteiger charge is 2.22. The zero-order valence-corrected chi connectivity index (χ0v) is 11.4. The molecule has 0 aromatic heterocycles. The number of carbonyl (C=O) groups excluding carboxylic acids is 2. The molecule has 20 heavy (non-hydrogen) atoms. The van der Waals surface area contributed by atoms with Gasteiger partial charge in [0, 0.05) is 5.56 Å². The first-order valence-corrected chi connectivity index (χ1v) is 6.06. The van der Waals surface area contributed by atoms with Crippen LogP contribution in [-0.2, 0) is 9.53 Å². The number of alkyl halides is 1. The number of nitrogens with one attached hydrogen (secondary N) is 2. The van der Waals surface area contributed by atoms with Gasteiger partial charge in [0.15, 0.2) is 0 Å². The number of ether oxygens (including phenoxy) is 1. The van der Waals surface area contributed by atoms with Gasteiger partial charge in [-0.25, -0.2) is 4.79 Å². The van der Waals surface area contributed by atoms with Crippen molar-refractivity contribution in [1.82, 2.24) is 5.32 Å². The van der Waals surface area contributed by atoms with Crippen LogP contribution in [0.15, 0.2) is 41.7 Å². The molecule has 1 rings (SSSR count). The van der Waals surface area contributed by atoms with Crippen molar-refractivity contribution in [2.45, 2.75) is 0 Å². The number of allylic oxidation sites excluding steroid dienone is 1. The Morgan fingerprint density at radius 1 is 1.35 bits per heavy atom. The normalized spacial score (nSPS) is 11.3. The van der Waals surface area contributed by atoms with E-state index in [9.17, 15) is 14.7 Å². The molecule has 0 bridgehead atoms. The predicted molar refractivity (Wildman–Crippen MR) is 74.0 cm³/mol. The summed E-state index contributed by atoms with van der Waals surface area (Å²) < 4.78 is 4.44. The van der Waals surface area contributed by atoms with Crippen molar-refractivity contribution in [3.05, 3.63) is 47.2 Å². The van der Waals surface area contributed by atoms with Crippen LogP contribution >= 0.6 is 11.6 Å². The number of carbonyl (C=O) groups is 2. The van der Waals surface area contributed by atoms with E-state index in [-0.39, 0.29) is 5.88 Å². The molecule has 6 nitrogen and oxygen atoms in total. The van der Waals surface area contributed by atoms with Gasteiger partial charge in [0.25, 0.3) is 5.91 Å². The number of hydrogen-bond acceptors (Lipinski definition) is 5. The molecule has 106 valence electrons. The lowest BCUT2D eigenvalue weighted by molar-refractivity contribution is -0.135. The summed E-state index contributed by atoms with van der Waals surface area (Å²) in [7, 11) is 1.09. The van der Waals surface area contributed by atoms with E-state index in [4.69, 9.17) is 17.0 Å². The lowest BCUT2D eigenvalue weighted by Crippen LogP contribution is -2.34. The number of amides is 1. The molecule has 7 heteroatoms. The highest BCUT2D eigenvalue weighted by molar-refractivity contribution is 6.25. The third-order valence-corrected chi connectivity index (χ3v) is 2.58. The van der Waals surface area contributed by atoms with E-state index < -0.39 is 29.0 Å². The van der Waals surface area contributed by atoms with Gasteiger partial charge in [-0.15, -0.1) is 11.6 Å². The van der Waals surface area contributed by atoms with Crippen LogP contribution in [0.25, 0.3) is 0 Å². The summed E-state index contributed by atoms with van der Waals surface area (Å²) in [5.74, 6) is -3.05. The van der Waals surface area contributed by atoms with Crippen molar-refractivity contribution in [2.24, 2.45) is 0 Å². The summed E-state index contributed by atoms with van der Waals surface area (Å²) in [5, 5.41) is 19.4. The third kappa shape index (κ3) is 3.83. The Hall–Kier alpha value is -2.34. The average molecular weight is 297 g/mol. The number of aliphatic hydroxyl groups is 1. The molecule has 0 aliphatic heterocycles. The molecule has 0 atom stereocenters. The SMILES string of the molecule is COC(=O)/C(C(=N)NC(=O)c1ccccc1)=C(\O)CCl. The number of benzene rings is 1. The van der Waals surface area contributed by atoms with E-state index in [1.165, 1.54) is 0 Å². The number of rotatable bonds is 4. The van der Waals surface area contributed by atoms with Crippen LogP contribution in [0.4, 0.5) is 0 Å². The molecule has 0 aliphatic carbocycles. The quantitative estimate of drug-likeness (QED) is 0.196. The molecule has 0 fully saturated rings. The fourth-order valence-corrected chi connectivity index (χ4v) is 1.50. The minimum Gasteiger partial charge on any atom is -0.510 e.